The van der Waals surface area contributed by atoms with E-state index in [0.717, 1.165) is 118 Å². The summed E-state index contributed by atoms with van der Waals surface area (Å²) < 4.78 is 73.4. The molecule has 0 spiro atoms. The van der Waals surface area contributed by atoms with Crippen LogP contribution in [0.1, 0.15) is 114 Å². The van der Waals surface area contributed by atoms with Crippen molar-refractivity contribution < 1.29 is 40.6 Å². The number of amides is 2. The Morgan fingerprint density at radius 3 is 1.61 bits per heavy atom. The molecule has 3 saturated heterocycles. The van der Waals surface area contributed by atoms with Gasteiger partial charge in [0.2, 0.25) is 0 Å². The van der Waals surface area contributed by atoms with Crippen LogP contribution in [0, 0.1) is 23.2 Å². The van der Waals surface area contributed by atoms with Crippen molar-refractivity contribution in [2.75, 3.05) is 86.3 Å². The first-order chi connectivity index (χ1) is 36.8. The summed E-state index contributed by atoms with van der Waals surface area (Å²) in [4.78, 5) is 29.1. The van der Waals surface area contributed by atoms with Crippen LogP contribution in [0.5, 0.6) is 11.5 Å². The van der Waals surface area contributed by atoms with Crippen molar-refractivity contribution in [3.8, 4) is 11.5 Å². The zero-order valence-corrected chi connectivity index (χ0v) is 47.6. The molecule has 20 heteroatoms. The number of ether oxygens (including phenoxy) is 3. The molecule has 7 fully saturated rings. The van der Waals surface area contributed by atoms with Gasteiger partial charge < -0.3 is 35.5 Å². The molecule has 7 aliphatic rings. The summed E-state index contributed by atoms with van der Waals surface area (Å²) in [7, 11) is -3.98. The van der Waals surface area contributed by atoms with Crippen molar-refractivity contribution >= 4 is 54.5 Å². The number of thiophene rings is 2. The molecule has 4 bridgehead atoms. The van der Waals surface area contributed by atoms with E-state index in [1.54, 1.807) is 95.6 Å². The predicted octanol–water partition coefficient (Wildman–Crippen LogP) is 7.58. The number of hydrogen-bond donors (Lipinski definition) is 4. The number of carbonyl (C=O) groups is 2. The highest BCUT2D eigenvalue weighted by Crippen LogP contribution is 2.59. The minimum Gasteiger partial charge on any atom is -0.497 e. The van der Waals surface area contributed by atoms with Crippen molar-refractivity contribution in [3.63, 3.8) is 0 Å². The zero-order valence-electron chi connectivity index (χ0n) is 44.3. The number of rotatable bonds is 20. The van der Waals surface area contributed by atoms with E-state index in [2.05, 4.69) is 26.2 Å². The molecule has 2 amide bonds. The first-order valence-corrected chi connectivity index (χ1v) is 32.1. The third-order valence-corrected chi connectivity index (χ3v) is 23.4. The standard InChI is InChI=1S/C30H41N3O4S2.C26H38N4O5S2/c1-37-26-6-2-4-24(15-26)29(34)31-19-27-7-8-28(38-27)39(35,36)33-10-3-5-25(9-11-33)32-20-30-16-21-12-22(17-30)14-23(13-21)18-30;1-34-23-7-2-5-21(19-23)26(31)28-20-24-8-9-25(36-24)37(32,33)30-13-3-6-22(10-14-30)27-11-4-12-29-15-17-35-18-16-29/h2,4,6-8,15,21-23,25,32H,3,5,9-14,16-20H2,1H3,(H,31,34);2,5,7-9,19,22,27H,3-4,6,10-18,20H2,1H3,(H,28,31). The fraction of sp³-hybridized carbons (Fsp3) is 0.607. The van der Waals surface area contributed by atoms with Gasteiger partial charge in [0, 0.05) is 78.8 Å². The lowest BCUT2D eigenvalue weighted by atomic mass is 9.49. The molecule has 0 radical (unpaired) electrons. The SMILES string of the molecule is COc1cccc(C(=O)NCc2ccc(S(=O)(=O)N3CCCC(NCC45CC6CC(CC(C6)C4)C5)CC3)s2)c1.COc1cccc(C(=O)NCc2ccc(S(=O)(=O)N3CCCC(NCCCN4CCOCC4)CC3)s2)c1. The van der Waals surface area contributed by atoms with E-state index in [9.17, 15) is 26.4 Å². The maximum atomic E-state index is 13.5. The minimum atomic E-state index is -3.55. The molecule has 4 aromatic rings. The largest absolute Gasteiger partial charge is 0.497 e. The topological polar surface area (TPSA) is 188 Å². The van der Waals surface area contributed by atoms with Gasteiger partial charge in [-0.25, -0.2) is 16.8 Å². The molecule has 2 aromatic carbocycles. The van der Waals surface area contributed by atoms with E-state index in [1.807, 2.05) is 0 Å². The van der Waals surface area contributed by atoms with E-state index < -0.39 is 20.0 Å². The Kier molecular flexibility index (Phi) is 19.7. The van der Waals surface area contributed by atoms with Crippen molar-refractivity contribution in [1.29, 1.82) is 0 Å². The predicted molar refractivity (Wildman–Crippen MR) is 298 cm³/mol. The lowest BCUT2D eigenvalue weighted by Crippen LogP contribution is -2.51. The number of methoxy groups -OCH3 is 2. The number of benzene rings is 2. The highest BCUT2D eigenvalue weighted by molar-refractivity contribution is 7.91. The number of sulfonamides is 2. The highest BCUT2D eigenvalue weighted by Gasteiger charge is 2.50. The first-order valence-electron chi connectivity index (χ1n) is 27.6. The van der Waals surface area contributed by atoms with Crippen LogP contribution in [0.25, 0.3) is 0 Å². The summed E-state index contributed by atoms with van der Waals surface area (Å²) in [5.41, 5.74) is 1.51. The Labute approximate surface area is 459 Å². The molecule has 5 heterocycles. The van der Waals surface area contributed by atoms with E-state index in [4.69, 9.17) is 14.2 Å². The van der Waals surface area contributed by atoms with Crippen LogP contribution in [0.3, 0.4) is 0 Å². The van der Waals surface area contributed by atoms with Gasteiger partial charge in [-0.15, -0.1) is 22.7 Å². The summed E-state index contributed by atoms with van der Waals surface area (Å²) in [6.07, 6.45) is 15.1. The number of hydrogen-bond acceptors (Lipinski definition) is 14. The molecule has 4 aliphatic carbocycles. The molecular weight excluding hydrogens is 1040 g/mol. The van der Waals surface area contributed by atoms with Crippen molar-refractivity contribution in [3.05, 3.63) is 93.7 Å². The van der Waals surface area contributed by atoms with Gasteiger partial charge in [0.05, 0.1) is 40.5 Å². The second-order valence-electron chi connectivity index (χ2n) is 21.9. The molecule has 11 rings (SSSR count). The van der Waals surface area contributed by atoms with E-state index in [-0.39, 0.29) is 24.9 Å². The number of morpholine rings is 1. The molecule has 416 valence electrons. The molecule has 4 saturated carbocycles. The number of nitrogens with zero attached hydrogens (tertiary/aromatic N) is 3. The van der Waals surface area contributed by atoms with Crippen molar-refractivity contribution in [2.24, 2.45) is 23.2 Å². The fourth-order valence-corrected chi connectivity index (χ4v) is 18.7. The quantitative estimate of drug-likeness (QED) is 0.0637. The van der Waals surface area contributed by atoms with Crippen LogP contribution in [0.4, 0.5) is 0 Å². The molecular formula is C56H79N7O9S4. The van der Waals surface area contributed by atoms with Gasteiger partial charge >= 0.3 is 0 Å². The van der Waals surface area contributed by atoms with Crippen molar-refractivity contribution in [2.45, 2.75) is 117 Å². The zero-order chi connectivity index (χ0) is 53.1. The van der Waals surface area contributed by atoms with Crippen LogP contribution in [-0.2, 0) is 37.9 Å². The Bertz CT molecular complexity index is 2750. The third kappa shape index (κ3) is 14.8. The van der Waals surface area contributed by atoms with Gasteiger partial charge in [-0.2, -0.15) is 8.61 Å². The fourth-order valence-electron chi connectivity index (χ4n) is 12.8. The molecule has 2 unspecified atom stereocenters. The maximum Gasteiger partial charge on any atom is 0.252 e. The van der Waals surface area contributed by atoms with Gasteiger partial charge in [0.25, 0.3) is 31.9 Å². The van der Waals surface area contributed by atoms with Gasteiger partial charge in [-0.3, -0.25) is 14.5 Å². The number of carbonyl (C=O) groups excluding carboxylic acids is 2. The average Bonchev–Trinajstić information content (AvgIpc) is 4.03. The molecule has 76 heavy (non-hydrogen) atoms. The van der Waals surface area contributed by atoms with Crippen LogP contribution in [0.2, 0.25) is 0 Å². The normalized spacial score (nSPS) is 25.4. The van der Waals surface area contributed by atoms with Crippen LogP contribution in [0.15, 0.2) is 81.2 Å². The summed E-state index contributed by atoms with van der Waals surface area (Å²) in [6, 6.07) is 21.6. The van der Waals surface area contributed by atoms with E-state index in [1.165, 1.54) is 61.2 Å². The monoisotopic (exact) mass is 1120 g/mol. The molecule has 2 atom stereocenters. The summed E-state index contributed by atoms with van der Waals surface area (Å²) in [5, 5.41) is 13.3. The maximum absolute atomic E-state index is 13.5. The second-order valence-corrected chi connectivity index (χ2v) is 28.6. The second kappa shape index (κ2) is 26.3. The Morgan fingerprint density at radius 2 is 1.12 bits per heavy atom. The first kappa shape index (κ1) is 56.7. The summed E-state index contributed by atoms with van der Waals surface area (Å²) >= 11 is 2.46. The summed E-state index contributed by atoms with van der Waals surface area (Å²) in [5.74, 6) is 3.66. The van der Waals surface area contributed by atoms with Crippen LogP contribution >= 0.6 is 22.7 Å². The van der Waals surface area contributed by atoms with Gasteiger partial charge in [0.15, 0.2) is 0 Å². The van der Waals surface area contributed by atoms with Gasteiger partial charge in [-0.05, 0) is 180 Å². The lowest BCUT2D eigenvalue weighted by Gasteiger charge is -2.57. The third-order valence-electron chi connectivity index (χ3n) is 16.5. The van der Waals surface area contributed by atoms with E-state index in [0.29, 0.717) is 74.7 Å². The molecule has 3 aliphatic heterocycles. The Hall–Kier alpha value is -3.96. The van der Waals surface area contributed by atoms with Crippen molar-refractivity contribution in [1.82, 2.24) is 34.8 Å². The molecule has 2 aromatic heterocycles. The lowest BCUT2D eigenvalue weighted by molar-refractivity contribution is -0.0526. The molecule has 16 nitrogen and oxygen atoms in total. The number of nitrogens with one attached hydrogen (secondary N) is 4. The van der Waals surface area contributed by atoms with Crippen LogP contribution < -0.4 is 30.7 Å². The highest BCUT2D eigenvalue weighted by atomic mass is 32.3. The van der Waals surface area contributed by atoms with Gasteiger partial charge in [0.1, 0.15) is 19.9 Å². The summed E-state index contributed by atoms with van der Waals surface area (Å²) in [6.45, 7) is 9.53. The Balaban J connectivity index is 0.000000186. The minimum absolute atomic E-state index is 0.216. The van der Waals surface area contributed by atoms with Crippen LogP contribution in [-0.4, -0.2) is 141 Å². The van der Waals surface area contributed by atoms with Gasteiger partial charge in [-0.1, -0.05) is 12.1 Å². The average molecular weight is 1120 g/mol. The Morgan fingerprint density at radius 1 is 0.632 bits per heavy atom. The van der Waals surface area contributed by atoms with E-state index >= 15 is 0 Å². The smallest absolute Gasteiger partial charge is 0.252 e. The molecule has 4 N–H and O–H groups in total.